The van der Waals surface area contributed by atoms with Crippen LogP contribution >= 0.6 is 11.8 Å². The first-order valence-electron chi connectivity index (χ1n) is 4.02. The van der Waals surface area contributed by atoms with E-state index in [-0.39, 0.29) is 10.6 Å². The summed E-state index contributed by atoms with van der Waals surface area (Å²) in [6.07, 6.45) is 0. The Balaban J connectivity index is 3.03. The average Bonchev–Trinajstić information content (AvgIpc) is 2.03. The molecule has 1 aromatic carbocycles. The van der Waals surface area contributed by atoms with E-state index in [1.165, 1.54) is 0 Å². The van der Waals surface area contributed by atoms with E-state index in [9.17, 15) is 10.1 Å². The van der Waals surface area contributed by atoms with Crippen molar-refractivity contribution in [3.05, 3.63) is 33.9 Å². The van der Waals surface area contributed by atoms with Gasteiger partial charge in [0.25, 0.3) is 5.69 Å². The third-order valence-corrected chi connectivity index (χ3v) is 2.42. The van der Waals surface area contributed by atoms with E-state index >= 15 is 0 Å². The fraction of sp³-hybridized carbons (Fsp3) is 0.333. The quantitative estimate of drug-likeness (QED) is 0.425. The number of aryl methyl sites for hydroxylation is 1. The second-order valence-corrected chi connectivity index (χ2v) is 4.03. The van der Waals surface area contributed by atoms with E-state index in [1.54, 1.807) is 23.9 Å². The molecule has 70 valence electrons. The molecule has 0 aliphatic heterocycles. The highest BCUT2D eigenvalue weighted by molar-refractivity contribution is 7.99. The molecule has 0 aliphatic carbocycles. The van der Waals surface area contributed by atoms with E-state index < -0.39 is 0 Å². The van der Waals surface area contributed by atoms with Gasteiger partial charge in [0.15, 0.2) is 0 Å². The molecule has 0 saturated carbocycles. The summed E-state index contributed by atoms with van der Waals surface area (Å²) in [5.41, 5.74) is 1.11. The molecular weight excluding hydrogens is 186 g/mol. The Morgan fingerprint density at radius 2 is 2.15 bits per heavy atom. The number of nitrogens with zero attached hydrogens (tertiary/aromatic N) is 1. The first-order valence-corrected chi connectivity index (χ1v) is 5.01. The van der Waals surface area contributed by atoms with Gasteiger partial charge in [-0.3, -0.25) is 10.1 Å². The Bertz CT molecular complexity index is 325. The minimum atomic E-state index is -0.354. The van der Waals surface area contributed by atoms with Gasteiger partial charge < -0.3 is 0 Å². The molecular formula is C9H11NO2S. The lowest BCUT2D eigenvalue weighted by molar-refractivity contribution is -0.385. The Morgan fingerprint density at radius 1 is 1.46 bits per heavy atom. The van der Waals surface area contributed by atoms with Crippen molar-refractivity contribution in [3.8, 4) is 0 Å². The normalized spacial score (nSPS) is 10.0. The summed E-state index contributed by atoms with van der Waals surface area (Å²) < 4.78 is 0. The van der Waals surface area contributed by atoms with E-state index in [4.69, 9.17) is 0 Å². The first kappa shape index (κ1) is 10.1. The van der Waals surface area contributed by atoms with Crippen molar-refractivity contribution in [1.29, 1.82) is 0 Å². The van der Waals surface area contributed by atoms with E-state index in [0.29, 0.717) is 0 Å². The topological polar surface area (TPSA) is 43.1 Å². The minimum absolute atomic E-state index is 0.177. The smallest absolute Gasteiger partial charge is 0.258 e. The van der Waals surface area contributed by atoms with Crippen LogP contribution in [-0.2, 0) is 0 Å². The molecule has 3 nitrogen and oxygen atoms in total. The average molecular weight is 197 g/mol. The zero-order chi connectivity index (χ0) is 9.84. The number of hydrogen-bond acceptors (Lipinski definition) is 3. The van der Waals surface area contributed by atoms with Crippen LogP contribution in [0.3, 0.4) is 0 Å². The lowest BCUT2D eigenvalue weighted by atomic mass is 10.2. The lowest BCUT2D eigenvalue weighted by Crippen LogP contribution is -1.89. The van der Waals surface area contributed by atoms with E-state index in [2.05, 4.69) is 0 Å². The van der Waals surface area contributed by atoms with Crippen LogP contribution in [0.25, 0.3) is 0 Å². The summed E-state index contributed by atoms with van der Waals surface area (Å²) in [5.74, 6) is 0.931. The highest BCUT2D eigenvalue weighted by Crippen LogP contribution is 2.24. The summed E-state index contributed by atoms with van der Waals surface area (Å²) in [6, 6.07) is 5.15. The maximum Gasteiger partial charge on any atom is 0.270 e. The second kappa shape index (κ2) is 4.28. The Labute approximate surface area is 81.3 Å². The number of thioether (sulfide) groups is 1. The molecule has 0 N–H and O–H groups in total. The fourth-order valence-corrected chi connectivity index (χ4v) is 1.89. The van der Waals surface area contributed by atoms with Crippen molar-refractivity contribution in [3.63, 3.8) is 0 Å². The molecule has 0 radical (unpaired) electrons. The predicted molar refractivity (Wildman–Crippen MR) is 54.2 cm³/mol. The lowest BCUT2D eigenvalue weighted by Gasteiger charge is -2.00. The van der Waals surface area contributed by atoms with Crippen LogP contribution in [0.4, 0.5) is 5.69 Å². The van der Waals surface area contributed by atoms with Crippen LogP contribution in [0.2, 0.25) is 0 Å². The molecule has 0 fully saturated rings. The highest BCUT2D eigenvalue weighted by Gasteiger charge is 2.07. The largest absolute Gasteiger partial charge is 0.270 e. The summed E-state index contributed by atoms with van der Waals surface area (Å²) in [6.45, 7) is 3.89. The van der Waals surface area contributed by atoms with Crippen molar-refractivity contribution in [2.75, 3.05) is 5.75 Å². The zero-order valence-corrected chi connectivity index (χ0v) is 8.43. The van der Waals surface area contributed by atoms with Crippen molar-refractivity contribution >= 4 is 17.4 Å². The minimum Gasteiger partial charge on any atom is -0.258 e. The van der Waals surface area contributed by atoms with Gasteiger partial charge in [-0.1, -0.05) is 6.92 Å². The van der Waals surface area contributed by atoms with Crippen LogP contribution in [-0.4, -0.2) is 10.7 Å². The molecule has 13 heavy (non-hydrogen) atoms. The Hall–Kier alpha value is -1.03. The summed E-state index contributed by atoms with van der Waals surface area (Å²) in [5, 5.41) is 10.5. The molecule has 0 saturated heterocycles. The van der Waals surface area contributed by atoms with Gasteiger partial charge in [-0.15, -0.1) is 11.8 Å². The van der Waals surface area contributed by atoms with Gasteiger partial charge in [0.05, 0.1) is 4.92 Å². The molecule has 0 aliphatic rings. The standard InChI is InChI=1S/C9H11NO2S/c1-3-13-9-5-7(2)4-8(6-9)10(11)12/h4-6H,3H2,1-2H3. The molecule has 1 rings (SSSR count). The van der Waals surface area contributed by atoms with Crippen molar-refractivity contribution < 1.29 is 4.92 Å². The maximum absolute atomic E-state index is 10.5. The first-order chi connectivity index (χ1) is 6.13. The van der Waals surface area contributed by atoms with Crippen LogP contribution in [0, 0.1) is 17.0 Å². The molecule has 0 spiro atoms. The number of hydrogen-bond donors (Lipinski definition) is 0. The number of nitro groups is 1. The zero-order valence-electron chi connectivity index (χ0n) is 7.61. The van der Waals surface area contributed by atoms with Crippen molar-refractivity contribution in [2.45, 2.75) is 18.7 Å². The number of non-ortho nitro benzene ring substituents is 1. The van der Waals surface area contributed by atoms with E-state index in [0.717, 1.165) is 16.2 Å². The molecule has 0 aromatic heterocycles. The van der Waals surface area contributed by atoms with Gasteiger partial charge in [0.2, 0.25) is 0 Å². The molecule has 0 atom stereocenters. The van der Waals surface area contributed by atoms with Gasteiger partial charge in [0.1, 0.15) is 0 Å². The van der Waals surface area contributed by atoms with Crippen molar-refractivity contribution in [2.24, 2.45) is 0 Å². The number of rotatable bonds is 3. The predicted octanol–water partition coefficient (Wildman–Crippen LogP) is 3.02. The molecule has 0 amide bonds. The van der Waals surface area contributed by atoms with Crippen molar-refractivity contribution in [1.82, 2.24) is 0 Å². The van der Waals surface area contributed by atoms with Crippen LogP contribution < -0.4 is 0 Å². The molecule has 1 aromatic rings. The monoisotopic (exact) mass is 197 g/mol. The van der Waals surface area contributed by atoms with Crippen LogP contribution in [0.1, 0.15) is 12.5 Å². The van der Waals surface area contributed by atoms with Gasteiger partial charge in [-0.2, -0.15) is 0 Å². The highest BCUT2D eigenvalue weighted by atomic mass is 32.2. The maximum atomic E-state index is 10.5. The third-order valence-electron chi connectivity index (χ3n) is 1.56. The third kappa shape index (κ3) is 2.73. The molecule has 4 heteroatoms. The van der Waals surface area contributed by atoms with Gasteiger partial charge in [-0.25, -0.2) is 0 Å². The fourth-order valence-electron chi connectivity index (χ4n) is 1.08. The Kier molecular flexibility index (Phi) is 3.31. The summed E-state index contributed by atoms with van der Waals surface area (Å²) in [4.78, 5) is 11.1. The SMILES string of the molecule is CCSc1cc(C)cc([N+](=O)[O-])c1. The number of benzene rings is 1. The van der Waals surface area contributed by atoms with Crippen LogP contribution in [0.15, 0.2) is 23.1 Å². The van der Waals surface area contributed by atoms with Gasteiger partial charge >= 0.3 is 0 Å². The Morgan fingerprint density at radius 3 is 2.69 bits per heavy atom. The molecule has 0 heterocycles. The summed E-state index contributed by atoms with van der Waals surface area (Å²) in [7, 11) is 0. The summed E-state index contributed by atoms with van der Waals surface area (Å²) >= 11 is 1.62. The van der Waals surface area contributed by atoms with Gasteiger partial charge in [0, 0.05) is 17.0 Å². The van der Waals surface area contributed by atoms with Gasteiger partial charge in [-0.05, 0) is 24.3 Å². The molecule has 0 bridgehead atoms. The van der Waals surface area contributed by atoms with E-state index in [1.807, 2.05) is 19.9 Å². The van der Waals surface area contributed by atoms with Crippen LogP contribution in [0.5, 0.6) is 0 Å². The second-order valence-electron chi connectivity index (χ2n) is 2.69. The molecule has 0 unspecified atom stereocenters. The number of nitro benzene ring substituents is 1.